The zero-order valence-electron chi connectivity index (χ0n) is 11.7. The van der Waals surface area contributed by atoms with Crippen molar-refractivity contribution in [2.24, 2.45) is 0 Å². The second kappa shape index (κ2) is 14.1. The fourth-order valence-corrected chi connectivity index (χ4v) is 2.45. The Morgan fingerprint density at radius 2 is 1.24 bits per heavy atom. The van der Waals surface area contributed by atoms with Gasteiger partial charge in [0.1, 0.15) is 8.80 Å². The molecule has 0 nitrogen and oxygen atoms in total. The van der Waals surface area contributed by atoms with E-state index in [0.29, 0.717) is 0 Å². The first kappa shape index (κ1) is 17.1. The van der Waals surface area contributed by atoms with E-state index in [0.717, 1.165) is 12.3 Å². The maximum absolute atomic E-state index is 5.63. The van der Waals surface area contributed by atoms with E-state index in [1.54, 1.807) is 0 Å². The van der Waals surface area contributed by atoms with Gasteiger partial charge in [-0.1, -0.05) is 58.0 Å². The predicted molar refractivity (Wildman–Crippen MR) is 82.1 cm³/mol. The first-order valence-corrected chi connectivity index (χ1v) is 10.2. The van der Waals surface area contributed by atoms with Crippen molar-refractivity contribution in [1.82, 2.24) is 0 Å². The van der Waals surface area contributed by atoms with Crippen LogP contribution in [-0.2, 0) is 0 Å². The molecule has 0 aliphatic carbocycles. The molecule has 0 bridgehead atoms. The summed E-state index contributed by atoms with van der Waals surface area (Å²) in [5, 5.41) is 0. The molecule has 0 aromatic carbocycles. The summed E-state index contributed by atoms with van der Waals surface area (Å²) in [5.41, 5.74) is 3.32. The van der Waals surface area contributed by atoms with Crippen LogP contribution in [0.3, 0.4) is 0 Å². The molecular weight excluding hydrogens is 244 g/mol. The molecule has 0 aromatic rings. The molecule has 0 amide bonds. The molecule has 1 radical (unpaired) electrons. The molecule has 0 aliphatic heterocycles. The summed E-state index contributed by atoms with van der Waals surface area (Å²) in [5.74, 6) is 4.13. The number of halogens is 1. The lowest BCUT2D eigenvalue weighted by molar-refractivity contribution is 0.568. The number of rotatable bonds is 10. The molecule has 0 heterocycles. The van der Waals surface area contributed by atoms with Gasteiger partial charge in [-0.15, -0.1) is 23.1 Å². The van der Waals surface area contributed by atoms with E-state index in [1.807, 2.05) is 0 Å². The highest BCUT2D eigenvalue weighted by molar-refractivity contribution is 6.64. The second-order valence-electron chi connectivity index (χ2n) is 4.92. The van der Waals surface area contributed by atoms with Gasteiger partial charge in [-0.05, 0) is 12.8 Å². The van der Waals surface area contributed by atoms with Gasteiger partial charge in [0.05, 0.1) is 0 Å². The van der Waals surface area contributed by atoms with Crippen LogP contribution in [0, 0.1) is 11.5 Å². The van der Waals surface area contributed by atoms with Crippen LogP contribution in [0.2, 0.25) is 13.1 Å². The third-order valence-electron chi connectivity index (χ3n) is 2.77. The Balaban J connectivity index is 3.02. The highest BCUT2D eigenvalue weighted by Crippen LogP contribution is 2.10. The fourth-order valence-electron chi connectivity index (χ4n) is 1.78. The molecule has 0 rings (SSSR count). The Hall–Kier alpha value is 0.0669. The Morgan fingerprint density at radius 1 is 0.765 bits per heavy atom. The van der Waals surface area contributed by atoms with Gasteiger partial charge in [-0.25, -0.2) is 0 Å². The highest BCUT2D eigenvalue weighted by atomic mass is 35.5. The maximum atomic E-state index is 5.63. The lowest BCUT2D eigenvalue weighted by Gasteiger charge is -2.00. The lowest BCUT2D eigenvalue weighted by Crippen LogP contribution is -1.92. The molecule has 99 valence electrons. The molecule has 0 unspecified atom stereocenters. The Kier molecular flexibility index (Phi) is 14.2. The minimum Gasteiger partial charge on any atom is -0.134 e. The summed E-state index contributed by atoms with van der Waals surface area (Å²) < 4.78 is 0. The zero-order valence-corrected chi connectivity index (χ0v) is 13.4. The molecule has 2 heteroatoms. The zero-order chi connectivity index (χ0) is 12.8. The van der Waals surface area contributed by atoms with Gasteiger partial charge >= 0.3 is 0 Å². The van der Waals surface area contributed by atoms with Gasteiger partial charge in [-0.2, -0.15) is 0 Å². The smallest absolute Gasteiger partial charge is 0.134 e. The van der Waals surface area contributed by atoms with Crippen LogP contribution in [0.1, 0.15) is 64.2 Å². The van der Waals surface area contributed by atoms with Gasteiger partial charge in [0.15, 0.2) is 0 Å². The Morgan fingerprint density at radius 3 is 1.71 bits per heavy atom. The van der Waals surface area contributed by atoms with Gasteiger partial charge in [-0.3, -0.25) is 0 Å². The largest absolute Gasteiger partial charge is 0.138 e. The minimum atomic E-state index is -0.317. The van der Waals surface area contributed by atoms with Gasteiger partial charge in [0, 0.05) is 12.3 Å². The van der Waals surface area contributed by atoms with Crippen LogP contribution in [0.25, 0.3) is 0 Å². The van der Waals surface area contributed by atoms with Crippen LogP contribution in [0.5, 0.6) is 0 Å². The van der Waals surface area contributed by atoms with Crippen LogP contribution in [0.15, 0.2) is 0 Å². The number of unbranched alkanes of at least 4 members (excludes halogenated alkanes) is 9. The van der Waals surface area contributed by atoms with Crippen molar-refractivity contribution in [1.29, 1.82) is 0 Å². The third kappa shape index (κ3) is 16.1. The molecule has 0 spiro atoms. The minimum absolute atomic E-state index is 0.317. The van der Waals surface area contributed by atoms with E-state index in [4.69, 9.17) is 11.6 Å². The molecule has 0 fully saturated rings. The van der Waals surface area contributed by atoms with E-state index in [2.05, 4.69) is 24.6 Å². The van der Waals surface area contributed by atoms with E-state index in [1.165, 1.54) is 57.8 Å². The fraction of sp³-hybridized carbons (Fsp3) is 0.867. The van der Waals surface area contributed by atoms with Crippen molar-refractivity contribution in [3.05, 3.63) is 0 Å². The summed E-state index contributed by atoms with van der Waals surface area (Å²) in [4.78, 5) is 0. The molecule has 0 saturated heterocycles. The summed E-state index contributed by atoms with van der Waals surface area (Å²) in [7, 11) is -0.317. The Bertz CT molecular complexity index is 203. The summed E-state index contributed by atoms with van der Waals surface area (Å²) >= 11 is 5.63. The number of hydrogen-bond acceptors (Lipinski definition) is 0. The molecule has 0 saturated carbocycles. The van der Waals surface area contributed by atoms with Crippen LogP contribution in [-0.4, -0.2) is 14.7 Å². The van der Waals surface area contributed by atoms with E-state index >= 15 is 0 Å². The molecule has 0 atom stereocenters. The lowest BCUT2D eigenvalue weighted by atomic mass is 10.1. The average molecular weight is 272 g/mol. The monoisotopic (exact) mass is 271 g/mol. The number of alkyl halides is 1. The van der Waals surface area contributed by atoms with Gasteiger partial charge in [0.2, 0.25) is 0 Å². The summed E-state index contributed by atoms with van der Waals surface area (Å²) in [6, 6.07) is 0. The van der Waals surface area contributed by atoms with Gasteiger partial charge in [0.25, 0.3) is 0 Å². The normalized spacial score (nSPS) is 10.4. The second-order valence-corrected chi connectivity index (χ2v) is 7.55. The quantitative estimate of drug-likeness (QED) is 0.215. The van der Waals surface area contributed by atoms with Crippen LogP contribution in [0.4, 0.5) is 0 Å². The molecule has 0 N–H and O–H groups in total. The SMILES string of the molecule is C[Si](C)C#CCCCCCCCCCCCCl. The third-order valence-corrected chi connectivity index (χ3v) is 3.72. The van der Waals surface area contributed by atoms with Crippen molar-refractivity contribution in [2.45, 2.75) is 77.3 Å². The molecular formula is C15H28ClSi. The summed E-state index contributed by atoms with van der Waals surface area (Å²) in [6.45, 7) is 4.50. The van der Waals surface area contributed by atoms with Gasteiger partial charge < -0.3 is 0 Å². The standard InChI is InChI=1S/C15H28ClSi/c1-17(2)15-13-11-9-7-5-3-4-6-8-10-12-14-16/h3-12,14H2,1-2H3. The maximum Gasteiger partial charge on any atom is 0.138 e. The highest BCUT2D eigenvalue weighted by Gasteiger charge is 1.92. The van der Waals surface area contributed by atoms with E-state index < -0.39 is 0 Å². The predicted octanol–water partition coefficient (Wildman–Crippen LogP) is 5.42. The molecule has 17 heavy (non-hydrogen) atoms. The van der Waals surface area contributed by atoms with Crippen molar-refractivity contribution < 1.29 is 0 Å². The first-order chi connectivity index (χ1) is 8.27. The topological polar surface area (TPSA) is 0 Å². The molecule has 0 aliphatic rings. The van der Waals surface area contributed by atoms with Crippen molar-refractivity contribution in [3.8, 4) is 11.5 Å². The van der Waals surface area contributed by atoms with Crippen LogP contribution < -0.4 is 0 Å². The molecule has 0 aromatic heterocycles. The van der Waals surface area contributed by atoms with E-state index in [9.17, 15) is 0 Å². The summed E-state index contributed by atoms with van der Waals surface area (Å²) in [6.07, 6.45) is 13.3. The van der Waals surface area contributed by atoms with Crippen molar-refractivity contribution in [2.75, 3.05) is 5.88 Å². The van der Waals surface area contributed by atoms with Crippen molar-refractivity contribution >= 4 is 20.4 Å². The van der Waals surface area contributed by atoms with Crippen LogP contribution >= 0.6 is 11.6 Å². The van der Waals surface area contributed by atoms with Crippen molar-refractivity contribution in [3.63, 3.8) is 0 Å². The number of hydrogen-bond donors (Lipinski definition) is 0. The average Bonchev–Trinajstić information content (AvgIpc) is 2.30. The first-order valence-electron chi connectivity index (χ1n) is 7.12. The Labute approximate surface area is 115 Å². The van der Waals surface area contributed by atoms with E-state index in [-0.39, 0.29) is 8.80 Å².